The highest BCUT2D eigenvalue weighted by Crippen LogP contribution is 2.38. The number of benzene rings is 2. The lowest BCUT2D eigenvalue weighted by Gasteiger charge is -2.13. The van der Waals surface area contributed by atoms with Crippen LogP contribution in [-0.4, -0.2) is 41.5 Å². The van der Waals surface area contributed by atoms with E-state index in [1.165, 1.54) is 34.5 Å². The van der Waals surface area contributed by atoms with Gasteiger partial charge in [0.15, 0.2) is 11.5 Å². The summed E-state index contributed by atoms with van der Waals surface area (Å²) in [6.07, 6.45) is 1.45. The third-order valence-corrected chi connectivity index (χ3v) is 4.30. The zero-order chi connectivity index (χ0) is 22.1. The molecule has 0 unspecified atom stereocenters. The van der Waals surface area contributed by atoms with Crippen molar-refractivity contribution in [2.75, 3.05) is 35.5 Å². The Morgan fingerprint density at radius 3 is 2.07 bits per heavy atom. The van der Waals surface area contributed by atoms with Crippen LogP contribution in [0.4, 0.5) is 0 Å². The van der Waals surface area contributed by atoms with E-state index in [0.29, 0.717) is 34.3 Å². The van der Waals surface area contributed by atoms with Gasteiger partial charge in [0.25, 0.3) is 5.91 Å². The molecule has 0 heterocycles. The number of carbonyl (C=O) groups excluding carboxylic acids is 1. The lowest BCUT2D eigenvalue weighted by atomic mass is 10.1. The van der Waals surface area contributed by atoms with Gasteiger partial charge < -0.3 is 29.0 Å². The second kappa shape index (κ2) is 10.6. The molecule has 0 aliphatic heterocycles. The summed E-state index contributed by atoms with van der Waals surface area (Å²) >= 11 is 0. The van der Waals surface area contributed by atoms with Gasteiger partial charge in [0, 0.05) is 18.2 Å². The molecule has 2 aromatic rings. The minimum Gasteiger partial charge on any atom is -0.497 e. The number of hydrogen-bond donors (Lipinski definition) is 1. The average Bonchev–Trinajstić information content (AvgIpc) is 2.79. The van der Waals surface area contributed by atoms with E-state index < -0.39 is 5.91 Å². The number of carbonyl (C=O) groups is 1. The van der Waals surface area contributed by atoms with Crippen molar-refractivity contribution >= 4 is 12.0 Å². The molecule has 8 nitrogen and oxygen atoms in total. The molecule has 158 valence electrons. The van der Waals surface area contributed by atoms with Crippen molar-refractivity contribution < 1.29 is 28.5 Å². The number of ether oxygens (including phenoxy) is 5. The molecule has 2 rings (SSSR count). The Bertz CT molecular complexity index is 953. The Morgan fingerprint density at radius 2 is 1.57 bits per heavy atom. The van der Waals surface area contributed by atoms with Crippen molar-refractivity contribution in [1.29, 1.82) is 5.26 Å². The zero-order valence-corrected chi connectivity index (χ0v) is 17.6. The fourth-order valence-corrected chi connectivity index (χ4v) is 2.77. The number of methoxy groups -OCH3 is 5. The molecular weight excluding hydrogens is 388 g/mol. The van der Waals surface area contributed by atoms with Crippen LogP contribution in [0.2, 0.25) is 0 Å². The molecule has 0 aliphatic rings. The SMILES string of the molecule is COc1ccc(CNC(=O)/C(C#N)=C/c2cc(OC)c(OC)c(OC)c2)c(OC)c1. The summed E-state index contributed by atoms with van der Waals surface area (Å²) in [6, 6.07) is 10.5. The molecular formula is C22H24N2O6. The van der Waals surface area contributed by atoms with E-state index in [0.717, 1.165) is 5.56 Å². The van der Waals surface area contributed by atoms with E-state index >= 15 is 0 Å². The smallest absolute Gasteiger partial charge is 0.262 e. The molecule has 0 aliphatic carbocycles. The Hall–Kier alpha value is -3.86. The van der Waals surface area contributed by atoms with E-state index in [-0.39, 0.29) is 12.1 Å². The molecule has 0 saturated carbocycles. The number of nitriles is 1. The highest BCUT2D eigenvalue weighted by Gasteiger charge is 2.15. The lowest BCUT2D eigenvalue weighted by molar-refractivity contribution is -0.117. The Labute approximate surface area is 175 Å². The first-order valence-corrected chi connectivity index (χ1v) is 8.92. The van der Waals surface area contributed by atoms with Gasteiger partial charge in [-0.3, -0.25) is 4.79 Å². The van der Waals surface area contributed by atoms with Gasteiger partial charge in [-0.2, -0.15) is 5.26 Å². The van der Waals surface area contributed by atoms with Crippen LogP contribution in [0.15, 0.2) is 35.9 Å². The van der Waals surface area contributed by atoms with Crippen molar-refractivity contribution in [3.8, 4) is 34.8 Å². The van der Waals surface area contributed by atoms with Crippen LogP contribution in [0.5, 0.6) is 28.7 Å². The van der Waals surface area contributed by atoms with Gasteiger partial charge in [-0.1, -0.05) is 0 Å². The summed E-state index contributed by atoms with van der Waals surface area (Å²) < 4.78 is 26.4. The second-order valence-electron chi connectivity index (χ2n) is 5.99. The van der Waals surface area contributed by atoms with E-state index in [4.69, 9.17) is 23.7 Å². The van der Waals surface area contributed by atoms with Gasteiger partial charge in [-0.05, 0) is 35.9 Å². The monoisotopic (exact) mass is 412 g/mol. The number of rotatable bonds is 9. The van der Waals surface area contributed by atoms with Gasteiger partial charge in [-0.25, -0.2) is 0 Å². The van der Waals surface area contributed by atoms with Crippen molar-refractivity contribution in [2.24, 2.45) is 0 Å². The summed E-state index contributed by atoms with van der Waals surface area (Å²) in [7, 11) is 7.57. The van der Waals surface area contributed by atoms with Gasteiger partial charge in [0.1, 0.15) is 23.1 Å². The Morgan fingerprint density at radius 1 is 0.933 bits per heavy atom. The predicted octanol–water partition coefficient (Wildman–Crippen LogP) is 2.95. The number of amides is 1. The number of hydrogen-bond acceptors (Lipinski definition) is 7. The molecule has 0 bridgehead atoms. The van der Waals surface area contributed by atoms with E-state index in [2.05, 4.69) is 5.32 Å². The first-order valence-electron chi connectivity index (χ1n) is 8.92. The maximum Gasteiger partial charge on any atom is 0.262 e. The molecule has 0 spiro atoms. The molecule has 0 aromatic heterocycles. The molecule has 30 heavy (non-hydrogen) atoms. The number of nitrogens with one attached hydrogen (secondary N) is 1. The summed E-state index contributed by atoms with van der Waals surface area (Å²) in [5.74, 6) is 1.95. The fraction of sp³-hybridized carbons (Fsp3) is 0.273. The zero-order valence-electron chi connectivity index (χ0n) is 17.6. The Kier molecular flexibility index (Phi) is 7.94. The maximum atomic E-state index is 12.6. The van der Waals surface area contributed by atoms with E-state index in [1.807, 2.05) is 6.07 Å². The van der Waals surface area contributed by atoms with Crippen LogP contribution in [0.3, 0.4) is 0 Å². The van der Waals surface area contributed by atoms with Crippen LogP contribution in [0.1, 0.15) is 11.1 Å². The van der Waals surface area contributed by atoms with E-state index in [1.54, 1.807) is 37.4 Å². The van der Waals surface area contributed by atoms with Gasteiger partial charge in [0.2, 0.25) is 5.75 Å². The summed E-state index contributed by atoms with van der Waals surface area (Å²) in [5, 5.41) is 12.2. The predicted molar refractivity (Wildman–Crippen MR) is 111 cm³/mol. The van der Waals surface area contributed by atoms with Crippen molar-refractivity contribution in [1.82, 2.24) is 5.32 Å². The molecule has 2 aromatic carbocycles. The largest absolute Gasteiger partial charge is 0.497 e. The molecule has 8 heteroatoms. The summed E-state index contributed by atoms with van der Waals surface area (Å²) in [4.78, 5) is 12.6. The first kappa shape index (κ1) is 22.4. The second-order valence-corrected chi connectivity index (χ2v) is 5.99. The van der Waals surface area contributed by atoms with Crippen LogP contribution < -0.4 is 29.0 Å². The summed E-state index contributed by atoms with van der Waals surface area (Å²) in [5.41, 5.74) is 1.23. The molecule has 0 fully saturated rings. The quantitative estimate of drug-likeness (QED) is 0.499. The summed E-state index contributed by atoms with van der Waals surface area (Å²) in [6.45, 7) is 0.181. The third-order valence-electron chi connectivity index (χ3n) is 4.30. The molecule has 1 amide bonds. The van der Waals surface area contributed by atoms with Crippen molar-refractivity contribution in [3.63, 3.8) is 0 Å². The molecule has 0 radical (unpaired) electrons. The van der Waals surface area contributed by atoms with Crippen molar-refractivity contribution in [3.05, 3.63) is 47.0 Å². The molecule has 0 saturated heterocycles. The minimum atomic E-state index is -0.524. The van der Waals surface area contributed by atoms with Crippen LogP contribution in [0, 0.1) is 11.3 Å². The minimum absolute atomic E-state index is 0.0725. The Balaban J connectivity index is 2.25. The van der Waals surface area contributed by atoms with Gasteiger partial charge in [-0.15, -0.1) is 0 Å². The fourth-order valence-electron chi connectivity index (χ4n) is 2.77. The van der Waals surface area contributed by atoms with Gasteiger partial charge in [0.05, 0.1) is 35.5 Å². The maximum absolute atomic E-state index is 12.6. The average molecular weight is 412 g/mol. The molecule has 1 N–H and O–H groups in total. The van der Waals surface area contributed by atoms with Gasteiger partial charge >= 0.3 is 0 Å². The van der Waals surface area contributed by atoms with E-state index in [9.17, 15) is 10.1 Å². The highest BCUT2D eigenvalue weighted by atomic mass is 16.5. The first-order chi connectivity index (χ1) is 14.5. The van der Waals surface area contributed by atoms with Crippen LogP contribution in [0.25, 0.3) is 6.08 Å². The van der Waals surface area contributed by atoms with Crippen LogP contribution in [-0.2, 0) is 11.3 Å². The number of nitrogens with zero attached hydrogens (tertiary/aromatic N) is 1. The van der Waals surface area contributed by atoms with Crippen LogP contribution >= 0.6 is 0 Å². The third kappa shape index (κ3) is 5.14. The normalized spacial score (nSPS) is 10.6. The highest BCUT2D eigenvalue weighted by molar-refractivity contribution is 6.01. The standard InChI is InChI=1S/C22H24N2O6/c1-26-17-7-6-15(18(11-17)27-2)13-24-22(25)16(12-23)8-14-9-19(28-3)21(30-5)20(10-14)29-4/h6-11H,13H2,1-5H3,(H,24,25)/b16-8+. The van der Waals surface area contributed by atoms with Crippen molar-refractivity contribution in [2.45, 2.75) is 6.54 Å². The molecule has 0 atom stereocenters. The topological polar surface area (TPSA) is 99.0 Å². The lowest BCUT2D eigenvalue weighted by Crippen LogP contribution is -2.24.